The summed E-state index contributed by atoms with van der Waals surface area (Å²) in [5, 5.41) is 34.1. The molecule has 0 atom stereocenters. The number of hydrogen-bond donors (Lipinski definition) is 4. The predicted molar refractivity (Wildman–Crippen MR) is 143 cm³/mol. The number of anilines is 1. The molecule has 2 aromatic carbocycles. The zero-order valence-electron chi connectivity index (χ0n) is 20.6. The molecule has 0 radical (unpaired) electrons. The molecule has 1 heterocycles. The van der Waals surface area contributed by atoms with Crippen LogP contribution in [0.25, 0.3) is 16.6 Å². The Balaban J connectivity index is 0.00000199. The van der Waals surface area contributed by atoms with E-state index in [0.717, 1.165) is 22.2 Å². The fraction of sp³-hybridized carbons (Fsp3) is 0.308. The number of aryl methyl sites for hydroxylation is 2. The van der Waals surface area contributed by atoms with Crippen LogP contribution in [0.1, 0.15) is 43.2 Å². The van der Waals surface area contributed by atoms with Crippen molar-refractivity contribution in [3.63, 3.8) is 0 Å². The Morgan fingerprint density at radius 2 is 1.79 bits per heavy atom. The van der Waals surface area contributed by atoms with Gasteiger partial charge in [0.2, 0.25) is 0 Å². The number of carbonyl (C=O) groups is 1. The van der Waals surface area contributed by atoms with E-state index in [0.29, 0.717) is 34.0 Å². The molecule has 0 amide bonds. The SMILES string of the molecule is C=C(c1cc(CC)c(O)cc1O)N(C(=S)NC)c1ccc2c(c1)c(C)c(C)n2CC(=O)O.CC. The number of nitrogens with zero attached hydrogens (tertiary/aromatic N) is 2. The third kappa shape index (κ3) is 5.02. The number of nitrogens with one attached hydrogen (secondary N) is 1. The lowest BCUT2D eigenvalue weighted by molar-refractivity contribution is -0.137. The summed E-state index contributed by atoms with van der Waals surface area (Å²) in [6.45, 7) is 13.8. The van der Waals surface area contributed by atoms with Crippen LogP contribution in [0.2, 0.25) is 0 Å². The molecule has 8 heteroatoms. The Morgan fingerprint density at radius 1 is 1.15 bits per heavy atom. The third-order valence-corrected chi connectivity index (χ3v) is 6.14. The normalized spacial score (nSPS) is 10.4. The average molecular weight is 484 g/mol. The van der Waals surface area contributed by atoms with Gasteiger partial charge in [-0.15, -0.1) is 0 Å². The summed E-state index contributed by atoms with van der Waals surface area (Å²) < 4.78 is 1.77. The topological polar surface area (TPSA) is 98.0 Å². The van der Waals surface area contributed by atoms with E-state index in [-0.39, 0.29) is 18.0 Å². The fourth-order valence-electron chi connectivity index (χ4n) is 3.88. The molecule has 0 aliphatic heterocycles. The molecular weight excluding hydrogens is 450 g/mol. The maximum absolute atomic E-state index is 11.3. The summed E-state index contributed by atoms with van der Waals surface area (Å²) in [4.78, 5) is 13.0. The van der Waals surface area contributed by atoms with Crippen molar-refractivity contribution in [1.29, 1.82) is 0 Å². The van der Waals surface area contributed by atoms with Crippen molar-refractivity contribution in [1.82, 2.24) is 9.88 Å². The van der Waals surface area contributed by atoms with Crippen molar-refractivity contribution in [3.05, 3.63) is 59.3 Å². The number of rotatable bonds is 6. The summed E-state index contributed by atoms with van der Waals surface area (Å²) >= 11 is 5.55. The first-order valence-corrected chi connectivity index (χ1v) is 11.6. The first-order chi connectivity index (χ1) is 16.1. The van der Waals surface area contributed by atoms with Crippen molar-refractivity contribution in [2.45, 2.75) is 47.6 Å². The number of benzene rings is 2. The molecule has 0 saturated carbocycles. The zero-order valence-corrected chi connectivity index (χ0v) is 21.4. The van der Waals surface area contributed by atoms with E-state index in [1.807, 2.05) is 52.8 Å². The fourth-order valence-corrected chi connectivity index (χ4v) is 4.10. The van der Waals surface area contributed by atoms with E-state index in [2.05, 4.69) is 11.9 Å². The number of aromatic hydroxyl groups is 2. The molecule has 0 aliphatic rings. The highest BCUT2D eigenvalue weighted by atomic mass is 32.1. The van der Waals surface area contributed by atoms with Crippen molar-refractivity contribution in [3.8, 4) is 11.5 Å². The molecular formula is C26H33N3O4S. The highest BCUT2D eigenvalue weighted by Gasteiger charge is 2.22. The van der Waals surface area contributed by atoms with Crippen LogP contribution in [-0.2, 0) is 17.8 Å². The molecule has 0 fully saturated rings. The Labute approximate surface area is 205 Å². The second kappa shape index (κ2) is 11.1. The zero-order chi connectivity index (χ0) is 25.7. The van der Waals surface area contributed by atoms with Crippen LogP contribution in [0.4, 0.5) is 5.69 Å². The lowest BCUT2D eigenvalue weighted by atomic mass is 10.0. The summed E-state index contributed by atoms with van der Waals surface area (Å²) in [5.41, 5.74) is 4.95. The van der Waals surface area contributed by atoms with E-state index in [1.165, 1.54) is 6.07 Å². The van der Waals surface area contributed by atoms with Crippen LogP contribution in [0.15, 0.2) is 36.9 Å². The van der Waals surface area contributed by atoms with Gasteiger partial charge in [0, 0.05) is 41.0 Å². The second-order valence-electron chi connectivity index (χ2n) is 7.58. The molecule has 7 nitrogen and oxygen atoms in total. The van der Waals surface area contributed by atoms with Gasteiger partial charge in [-0.25, -0.2) is 0 Å². The van der Waals surface area contributed by atoms with Gasteiger partial charge in [0.25, 0.3) is 0 Å². The molecule has 1 aromatic heterocycles. The van der Waals surface area contributed by atoms with E-state index < -0.39 is 5.97 Å². The van der Waals surface area contributed by atoms with Crippen molar-refractivity contribution in [2.24, 2.45) is 0 Å². The van der Waals surface area contributed by atoms with Gasteiger partial charge in [0.05, 0.1) is 5.70 Å². The summed E-state index contributed by atoms with van der Waals surface area (Å²) in [6, 6.07) is 8.65. The monoisotopic (exact) mass is 483 g/mol. The highest BCUT2D eigenvalue weighted by molar-refractivity contribution is 7.80. The average Bonchev–Trinajstić information content (AvgIpc) is 3.04. The molecule has 3 aromatic rings. The molecule has 3 rings (SSSR count). The van der Waals surface area contributed by atoms with Gasteiger partial charge < -0.3 is 25.2 Å². The highest BCUT2D eigenvalue weighted by Crippen LogP contribution is 2.37. The van der Waals surface area contributed by atoms with Crippen LogP contribution in [0.5, 0.6) is 11.5 Å². The van der Waals surface area contributed by atoms with Crippen molar-refractivity contribution >= 4 is 45.6 Å². The lowest BCUT2D eigenvalue weighted by Gasteiger charge is -2.28. The number of hydrogen-bond acceptors (Lipinski definition) is 4. The van der Waals surface area contributed by atoms with Crippen LogP contribution in [-0.4, -0.2) is 38.0 Å². The molecule has 0 spiro atoms. The van der Waals surface area contributed by atoms with E-state index >= 15 is 0 Å². The quantitative estimate of drug-likeness (QED) is 0.352. The van der Waals surface area contributed by atoms with Gasteiger partial charge >= 0.3 is 5.97 Å². The lowest BCUT2D eigenvalue weighted by Crippen LogP contribution is -2.36. The Morgan fingerprint density at radius 3 is 2.35 bits per heavy atom. The molecule has 0 saturated heterocycles. The maximum Gasteiger partial charge on any atom is 0.323 e. The van der Waals surface area contributed by atoms with Crippen LogP contribution < -0.4 is 10.2 Å². The van der Waals surface area contributed by atoms with Crippen LogP contribution in [0.3, 0.4) is 0 Å². The minimum absolute atomic E-state index is 0.0246. The first kappa shape index (κ1) is 26.7. The summed E-state index contributed by atoms with van der Waals surface area (Å²) in [7, 11) is 1.70. The van der Waals surface area contributed by atoms with Crippen molar-refractivity contribution < 1.29 is 20.1 Å². The number of aromatic nitrogens is 1. The van der Waals surface area contributed by atoms with Crippen LogP contribution in [0, 0.1) is 13.8 Å². The molecule has 0 unspecified atom stereocenters. The minimum atomic E-state index is -0.907. The van der Waals surface area contributed by atoms with Gasteiger partial charge in [0.1, 0.15) is 18.0 Å². The number of aliphatic carboxylic acids is 1. The Hall–Kier alpha value is -3.52. The number of fused-ring (bicyclic) bond motifs is 1. The molecule has 182 valence electrons. The number of carboxylic acids is 1. The van der Waals surface area contributed by atoms with Gasteiger partial charge in [-0.2, -0.15) is 0 Å². The Kier molecular flexibility index (Phi) is 8.70. The molecule has 34 heavy (non-hydrogen) atoms. The predicted octanol–water partition coefficient (Wildman–Crippen LogP) is 5.32. The van der Waals surface area contributed by atoms with Gasteiger partial charge in [-0.1, -0.05) is 27.4 Å². The first-order valence-electron chi connectivity index (χ1n) is 11.2. The minimum Gasteiger partial charge on any atom is -0.508 e. The van der Waals surface area contributed by atoms with Crippen LogP contribution >= 0.6 is 12.2 Å². The number of phenolic OH excluding ortho intramolecular Hbond substituents is 2. The Bertz CT molecular complexity index is 1250. The summed E-state index contributed by atoms with van der Waals surface area (Å²) in [5.74, 6) is -0.985. The van der Waals surface area contributed by atoms with Crippen molar-refractivity contribution in [2.75, 3.05) is 11.9 Å². The maximum atomic E-state index is 11.3. The van der Waals surface area contributed by atoms with E-state index in [4.69, 9.17) is 12.2 Å². The second-order valence-corrected chi connectivity index (χ2v) is 7.97. The number of phenols is 2. The standard InChI is InChI=1S/C24H27N3O4S.C2H6/c1-6-16-9-19(22(29)11-21(16)28)15(4)27(24(32)25-5)17-7-8-20-18(10-17)13(2)14(3)26(20)12-23(30)31;1-2/h7-11,28-29H,4,6,12H2,1-3,5H3,(H,25,32)(H,30,31);1-2H3. The third-order valence-electron chi connectivity index (χ3n) is 5.75. The number of carboxylic acid groups (broad SMARTS) is 1. The molecule has 0 bridgehead atoms. The van der Waals surface area contributed by atoms with Gasteiger partial charge in [-0.3, -0.25) is 9.69 Å². The van der Waals surface area contributed by atoms with E-state index in [9.17, 15) is 20.1 Å². The molecule has 0 aliphatic carbocycles. The largest absolute Gasteiger partial charge is 0.508 e. The van der Waals surface area contributed by atoms with E-state index in [1.54, 1.807) is 22.6 Å². The van der Waals surface area contributed by atoms with Gasteiger partial charge in [0.15, 0.2) is 5.11 Å². The van der Waals surface area contributed by atoms with Gasteiger partial charge in [-0.05, 0) is 67.9 Å². The smallest absolute Gasteiger partial charge is 0.323 e. The number of thiocarbonyl (C=S) groups is 1. The summed E-state index contributed by atoms with van der Waals surface area (Å²) in [6.07, 6.45) is 0.588. The molecule has 4 N–H and O–H groups in total.